The van der Waals surface area contributed by atoms with Gasteiger partial charge in [-0.25, -0.2) is 13.6 Å². The second-order valence-corrected chi connectivity index (χ2v) is 11.0. The number of ether oxygens (including phenoxy) is 2. The summed E-state index contributed by atoms with van der Waals surface area (Å²) in [5.74, 6) is -0.526. The molecule has 0 aliphatic rings. The van der Waals surface area contributed by atoms with Gasteiger partial charge in [-0.3, -0.25) is 5.41 Å². The van der Waals surface area contributed by atoms with E-state index in [0.29, 0.717) is 21.4 Å². The van der Waals surface area contributed by atoms with Gasteiger partial charge in [0.25, 0.3) is 0 Å². The average Bonchev–Trinajstić information content (AvgIpc) is 3.24. The van der Waals surface area contributed by atoms with Gasteiger partial charge in [0.2, 0.25) is 6.17 Å². The van der Waals surface area contributed by atoms with E-state index in [0.717, 1.165) is 23.1 Å². The van der Waals surface area contributed by atoms with Crippen molar-refractivity contribution in [1.82, 2.24) is 4.57 Å². The van der Waals surface area contributed by atoms with Crippen molar-refractivity contribution in [2.45, 2.75) is 33.5 Å². The maximum Gasteiger partial charge on any atom is 1.00 e. The number of alkyl halides is 2. The third kappa shape index (κ3) is 15.7. The number of halogens is 3. The van der Waals surface area contributed by atoms with Crippen molar-refractivity contribution in [1.29, 1.82) is 5.41 Å². The number of nitrogens with one attached hydrogen (secondary N) is 1. The van der Waals surface area contributed by atoms with Gasteiger partial charge in [0, 0.05) is 22.4 Å². The summed E-state index contributed by atoms with van der Waals surface area (Å²) in [6.45, 7) is 6.00. The van der Waals surface area contributed by atoms with Gasteiger partial charge in [-0.2, -0.15) is 0 Å². The number of hydrogen-bond donors (Lipinski definition) is 1. The molecule has 2 aromatic carbocycles. The molecule has 208 valence electrons. The Morgan fingerprint density at radius 3 is 2.20 bits per heavy atom. The largest absolute Gasteiger partial charge is 1.00 e. The van der Waals surface area contributed by atoms with Crippen LogP contribution in [0.5, 0.6) is 5.75 Å². The fourth-order valence-corrected chi connectivity index (χ4v) is 3.73. The molecule has 0 bridgehead atoms. The molecule has 1 atom stereocenters. The Labute approximate surface area is 290 Å². The molecular weight excluding hydrogens is 651 g/mol. The van der Waals surface area contributed by atoms with E-state index in [-0.39, 0.29) is 77.1 Å². The van der Waals surface area contributed by atoms with Crippen LogP contribution >= 0.6 is 36.1 Å². The number of benzene rings is 2. The molecule has 0 amide bonds. The van der Waals surface area contributed by atoms with E-state index in [9.17, 15) is 23.5 Å². The standard InChI is InChI=1S/C19H17BrN2O4S.C5H10O.CH2F2OP.2Na/c1-25-11-26-18(24)14-5-3-13(4-6-14)16-10-27-19(21)22(16)9-12-2-7-17(23)15(20)8-12;1-5(2,3)4-6;2-1(3)5-4;;/h2-8,10,21,23H,9,11H2,1H3;4H,1-3H3;1,5H;;/q;;-1;2*+1/p-1. The Kier molecular flexibility index (Phi) is 22.1. The van der Waals surface area contributed by atoms with Crippen molar-refractivity contribution in [3.63, 3.8) is 0 Å². The predicted molar refractivity (Wildman–Crippen MR) is 143 cm³/mol. The summed E-state index contributed by atoms with van der Waals surface area (Å²) in [7, 11) is -0.0175. The number of rotatable bonds is 7. The minimum atomic E-state index is -2.64. The van der Waals surface area contributed by atoms with Crippen molar-refractivity contribution >= 4 is 48.3 Å². The number of esters is 1. The van der Waals surface area contributed by atoms with Crippen molar-refractivity contribution in [2.24, 2.45) is 5.41 Å². The molecule has 0 saturated carbocycles. The van der Waals surface area contributed by atoms with Crippen LogP contribution in [0.3, 0.4) is 0 Å². The van der Waals surface area contributed by atoms with E-state index >= 15 is 0 Å². The van der Waals surface area contributed by atoms with Crippen LogP contribution < -0.4 is 73.9 Å². The quantitative estimate of drug-likeness (QED) is 0.109. The third-order valence-corrected chi connectivity index (χ3v) is 5.90. The Morgan fingerprint density at radius 2 is 1.75 bits per heavy atom. The Hall–Kier alpha value is -0.500. The molecule has 15 heteroatoms. The Bertz CT molecular complexity index is 1240. The Balaban J connectivity index is 0. The van der Waals surface area contributed by atoms with Gasteiger partial charge in [0.1, 0.15) is 6.29 Å². The molecule has 1 aromatic heterocycles. The molecule has 0 radical (unpaired) electrons. The number of thiazole rings is 1. The molecule has 0 aliphatic heterocycles. The molecular formula is C25H28BrF2N2Na2O6PS. The van der Waals surface area contributed by atoms with Crippen molar-refractivity contribution in [2.75, 3.05) is 13.9 Å². The predicted octanol–water partition coefficient (Wildman–Crippen LogP) is -1.26. The average molecular weight is 679 g/mol. The normalized spacial score (nSPS) is 10.4. The van der Waals surface area contributed by atoms with Crippen molar-refractivity contribution in [3.8, 4) is 17.0 Å². The number of hydrogen-bond acceptors (Lipinski definition) is 8. The van der Waals surface area contributed by atoms with Gasteiger partial charge in [0.15, 0.2) is 11.6 Å². The zero-order valence-corrected chi connectivity index (χ0v) is 30.5. The molecule has 1 unspecified atom stereocenters. The minimum Gasteiger partial charge on any atom is -0.872 e. The van der Waals surface area contributed by atoms with E-state index in [2.05, 4.69) is 15.9 Å². The number of methoxy groups -OCH3 is 1. The van der Waals surface area contributed by atoms with E-state index in [4.69, 9.17) is 19.8 Å². The maximum atomic E-state index is 11.9. The van der Waals surface area contributed by atoms with Gasteiger partial charge < -0.3 is 28.8 Å². The van der Waals surface area contributed by atoms with Gasteiger partial charge >= 0.3 is 65.1 Å². The van der Waals surface area contributed by atoms with Crippen molar-refractivity contribution in [3.05, 3.63) is 68.2 Å². The van der Waals surface area contributed by atoms with E-state index in [1.54, 1.807) is 24.3 Å². The van der Waals surface area contributed by atoms with E-state index in [1.807, 2.05) is 42.9 Å². The summed E-state index contributed by atoms with van der Waals surface area (Å²) >= 11 is 4.57. The zero-order valence-electron chi connectivity index (χ0n) is 23.1. The molecule has 1 N–H and O–H groups in total. The van der Waals surface area contributed by atoms with Crippen LogP contribution in [0.15, 0.2) is 52.3 Å². The first-order valence-electron chi connectivity index (χ1n) is 10.9. The van der Waals surface area contributed by atoms with Crippen LogP contribution in [0.25, 0.3) is 11.3 Å². The first-order chi connectivity index (χ1) is 17.8. The minimum absolute atomic E-state index is 0. The number of carbonyl (C=O) groups is 2. The third-order valence-electron chi connectivity index (χ3n) is 4.32. The summed E-state index contributed by atoms with van der Waals surface area (Å²) in [5, 5.41) is 21.6. The molecule has 3 aromatic rings. The summed E-state index contributed by atoms with van der Waals surface area (Å²) < 4.78 is 32.9. The monoisotopic (exact) mass is 678 g/mol. The smallest absolute Gasteiger partial charge is 0.872 e. The summed E-state index contributed by atoms with van der Waals surface area (Å²) in [4.78, 5) is 31.0. The number of carbonyl (C=O) groups excluding carboxylic acids is 2. The first kappa shape index (κ1) is 41.6. The summed E-state index contributed by atoms with van der Waals surface area (Å²) in [6, 6.07) is 12.0. The van der Waals surface area contributed by atoms with Crippen LogP contribution in [0, 0.1) is 10.8 Å². The molecule has 8 nitrogen and oxygen atoms in total. The molecule has 1 heterocycles. The number of aromatic nitrogens is 1. The van der Waals surface area contributed by atoms with Crippen LogP contribution in [-0.2, 0) is 20.8 Å². The maximum absolute atomic E-state index is 11.9. The first-order valence-corrected chi connectivity index (χ1v) is 13.6. The van der Waals surface area contributed by atoms with Gasteiger partial charge in [-0.05, 0) is 29.3 Å². The molecule has 40 heavy (non-hydrogen) atoms. The van der Waals surface area contributed by atoms with Crippen LogP contribution in [-0.4, -0.2) is 36.9 Å². The second-order valence-electron chi connectivity index (χ2n) is 8.60. The van der Waals surface area contributed by atoms with Crippen LogP contribution in [0.1, 0.15) is 36.7 Å². The molecule has 0 fully saturated rings. The fraction of sp³-hybridized carbons (Fsp3) is 0.320. The van der Waals surface area contributed by atoms with E-state index < -0.39 is 20.9 Å². The van der Waals surface area contributed by atoms with Gasteiger partial charge in [0.05, 0.1) is 17.8 Å². The van der Waals surface area contributed by atoms with E-state index in [1.165, 1.54) is 24.5 Å². The Morgan fingerprint density at radius 1 is 1.20 bits per heavy atom. The second kappa shape index (κ2) is 21.2. The molecule has 3 rings (SSSR count). The molecule has 0 aliphatic carbocycles. The number of nitrogens with zero attached hydrogens (tertiary/aromatic N) is 1. The number of aldehydes is 1. The fourth-order valence-electron chi connectivity index (χ4n) is 2.53. The van der Waals surface area contributed by atoms with Crippen LogP contribution in [0.4, 0.5) is 8.78 Å². The summed E-state index contributed by atoms with van der Waals surface area (Å²) in [6.07, 6.45) is -1.71. The zero-order chi connectivity index (χ0) is 28.9. The topological polar surface area (TPSA) is 128 Å². The van der Waals surface area contributed by atoms with Crippen LogP contribution in [0.2, 0.25) is 0 Å². The molecule has 0 saturated heterocycles. The summed E-state index contributed by atoms with van der Waals surface area (Å²) in [5.41, 5.74) is 2.95. The van der Waals surface area contributed by atoms with Gasteiger partial charge in [-0.15, -0.1) is 20.1 Å². The van der Waals surface area contributed by atoms with Gasteiger partial charge in [-0.1, -0.05) is 66.7 Å². The molecule has 0 spiro atoms. The SMILES string of the molecule is CC(C)(C)C=O.COCOC(=O)c1ccc(-c2csc(=N)n2Cc2ccc([O-])c(Br)c2)cc1.[Na+].[Na+].[O-]PC(F)F. The van der Waals surface area contributed by atoms with Crippen molar-refractivity contribution < 1.29 is 97.0 Å².